The van der Waals surface area contributed by atoms with E-state index >= 15 is 0 Å². The molecule has 2 aliphatic heterocycles. The Morgan fingerprint density at radius 2 is 2.14 bits per heavy atom. The quantitative estimate of drug-likeness (QED) is 0.365. The molecule has 1 aromatic rings. The van der Waals surface area contributed by atoms with Crippen LogP contribution in [0.5, 0.6) is 0 Å². The molecule has 1 amide bonds. The van der Waals surface area contributed by atoms with E-state index in [1.165, 1.54) is 40.9 Å². The van der Waals surface area contributed by atoms with Gasteiger partial charge in [0, 0.05) is 17.0 Å². The minimum Gasteiger partial charge on any atom is -0.456 e. The number of carbonyl (C=O) groups excluding carboxylic acids is 2. The standard InChI is InChI=1S/C14H12N2O5S/c1-8-13(15-11(17)6-12(15)22-8)14(18)21-7-9-2-4-10(5-3-9)16(19)20/h2-5,12H,6-7H2,1H3/t12-/m1/s1. The zero-order valence-corrected chi connectivity index (χ0v) is 12.5. The number of allylic oxidation sites excluding steroid dienone is 1. The lowest BCUT2D eigenvalue weighted by Crippen LogP contribution is -2.48. The van der Waals surface area contributed by atoms with E-state index in [1.807, 2.05) is 0 Å². The summed E-state index contributed by atoms with van der Waals surface area (Å²) >= 11 is 1.49. The van der Waals surface area contributed by atoms with E-state index in [9.17, 15) is 19.7 Å². The van der Waals surface area contributed by atoms with E-state index < -0.39 is 10.9 Å². The molecule has 2 aliphatic rings. The second-order valence-corrected chi connectivity index (χ2v) is 6.34. The SMILES string of the molecule is CC1=C(C(=O)OCc2ccc([N+](=O)[O-])cc2)N2C(=O)C[C@H]2S1. The van der Waals surface area contributed by atoms with Gasteiger partial charge in [0.15, 0.2) is 0 Å². The second kappa shape index (κ2) is 5.45. The predicted molar refractivity (Wildman–Crippen MR) is 78.4 cm³/mol. The van der Waals surface area contributed by atoms with Crippen LogP contribution >= 0.6 is 11.8 Å². The molecule has 7 nitrogen and oxygen atoms in total. The lowest BCUT2D eigenvalue weighted by Gasteiger charge is -2.34. The summed E-state index contributed by atoms with van der Waals surface area (Å²) in [5.41, 5.74) is 0.942. The highest BCUT2D eigenvalue weighted by molar-refractivity contribution is 8.04. The molecule has 0 unspecified atom stereocenters. The molecule has 1 saturated heterocycles. The third-order valence-corrected chi connectivity index (χ3v) is 4.70. The zero-order valence-electron chi connectivity index (χ0n) is 11.6. The fourth-order valence-electron chi connectivity index (χ4n) is 2.35. The monoisotopic (exact) mass is 320 g/mol. The van der Waals surface area contributed by atoms with Crippen molar-refractivity contribution in [2.45, 2.75) is 25.3 Å². The third-order valence-electron chi connectivity index (χ3n) is 3.50. The summed E-state index contributed by atoms with van der Waals surface area (Å²) in [5.74, 6) is -0.615. The Bertz CT molecular complexity index is 698. The van der Waals surface area contributed by atoms with E-state index in [1.54, 1.807) is 6.92 Å². The van der Waals surface area contributed by atoms with E-state index in [0.29, 0.717) is 17.7 Å². The fraction of sp³-hybridized carbons (Fsp3) is 0.286. The number of non-ortho nitro benzene ring substituents is 1. The molecule has 0 radical (unpaired) electrons. The molecule has 22 heavy (non-hydrogen) atoms. The molecule has 0 aromatic heterocycles. The summed E-state index contributed by atoms with van der Waals surface area (Å²) in [6.07, 6.45) is 0.446. The van der Waals surface area contributed by atoms with Crippen LogP contribution in [0.25, 0.3) is 0 Å². The number of nitro groups is 1. The number of thioether (sulfide) groups is 1. The van der Waals surface area contributed by atoms with Gasteiger partial charge in [-0.1, -0.05) is 0 Å². The van der Waals surface area contributed by atoms with E-state index in [-0.39, 0.29) is 23.6 Å². The molecule has 1 atom stereocenters. The van der Waals surface area contributed by atoms with Crippen molar-refractivity contribution in [3.05, 3.63) is 50.5 Å². The zero-order chi connectivity index (χ0) is 15.9. The van der Waals surface area contributed by atoms with Gasteiger partial charge in [-0.2, -0.15) is 0 Å². The summed E-state index contributed by atoms with van der Waals surface area (Å²) in [5, 5.41) is 10.6. The van der Waals surface area contributed by atoms with Gasteiger partial charge in [0.25, 0.3) is 5.69 Å². The van der Waals surface area contributed by atoms with Crippen molar-refractivity contribution in [1.29, 1.82) is 0 Å². The summed E-state index contributed by atoms with van der Waals surface area (Å²) in [6, 6.07) is 5.78. The number of hydrogen-bond acceptors (Lipinski definition) is 6. The number of amides is 1. The van der Waals surface area contributed by atoms with Crippen molar-refractivity contribution in [3.8, 4) is 0 Å². The lowest BCUT2D eigenvalue weighted by molar-refractivity contribution is -0.384. The molecular weight excluding hydrogens is 308 g/mol. The number of fused-ring (bicyclic) bond motifs is 1. The van der Waals surface area contributed by atoms with Crippen LogP contribution < -0.4 is 0 Å². The highest BCUT2D eigenvalue weighted by Crippen LogP contribution is 2.45. The number of benzene rings is 1. The van der Waals surface area contributed by atoms with Gasteiger partial charge in [-0.05, 0) is 24.6 Å². The maximum Gasteiger partial charge on any atom is 0.356 e. The number of nitrogens with zero attached hydrogens (tertiary/aromatic N) is 2. The Kier molecular flexibility index (Phi) is 3.61. The largest absolute Gasteiger partial charge is 0.456 e. The summed E-state index contributed by atoms with van der Waals surface area (Å²) in [6.45, 7) is 1.80. The van der Waals surface area contributed by atoms with Gasteiger partial charge in [0.2, 0.25) is 5.91 Å². The summed E-state index contributed by atoms with van der Waals surface area (Å²) in [7, 11) is 0. The maximum absolute atomic E-state index is 12.1. The van der Waals surface area contributed by atoms with Crippen LogP contribution in [0, 0.1) is 10.1 Å². The van der Waals surface area contributed by atoms with Crippen molar-refractivity contribution in [2.75, 3.05) is 0 Å². The van der Waals surface area contributed by atoms with Crippen LogP contribution in [0.15, 0.2) is 34.9 Å². The Hall–Kier alpha value is -2.35. The van der Waals surface area contributed by atoms with Crippen LogP contribution in [0.2, 0.25) is 0 Å². The average molecular weight is 320 g/mol. The first-order chi connectivity index (χ1) is 10.5. The van der Waals surface area contributed by atoms with E-state index in [0.717, 1.165) is 4.91 Å². The first-order valence-electron chi connectivity index (χ1n) is 6.57. The highest BCUT2D eigenvalue weighted by Gasteiger charge is 2.47. The summed E-state index contributed by atoms with van der Waals surface area (Å²) in [4.78, 5) is 36.0. The first-order valence-corrected chi connectivity index (χ1v) is 7.45. The third kappa shape index (κ3) is 2.45. The van der Waals surface area contributed by atoms with Gasteiger partial charge >= 0.3 is 5.97 Å². The molecule has 1 fully saturated rings. The summed E-state index contributed by atoms with van der Waals surface area (Å²) < 4.78 is 5.21. The molecule has 0 bridgehead atoms. The van der Waals surface area contributed by atoms with Crippen molar-refractivity contribution in [3.63, 3.8) is 0 Å². The molecule has 3 rings (SSSR count). The van der Waals surface area contributed by atoms with E-state index in [2.05, 4.69) is 0 Å². The Labute approximate surface area is 130 Å². The number of hydrogen-bond donors (Lipinski definition) is 0. The number of ether oxygens (including phenoxy) is 1. The van der Waals surface area contributed by atoms with Crippen LogP contribution in [-0.4, -0.2) is 27.1 Å². The molecule has 2 heterocycles. The van der Waals surface area contributed by atoms with Crippen molar-refractivity contribution in [2.24, 2.45) is 0 Å². The highest BCUT2D eigenvalue weighted by atomic mass is 32.2. The topological polar surface area (TPSA) is 89.8 Å². The first kappa shape index (κ1) is 14.6. The van der Waals surface area contributed by atoms with Gasteiger partial charge in [-0.15, -0.1) is 11.8 Å². The number of rotatable bonds is 4. The van der Waals surface area contributed by atoms with Crippen LogP contribution in [0.3, 0.4) is 0 Å². The van der Waals surface area contributed by atoms with Crippen LogP contribution in [0.1, 0.15) is 18.9 Å². The Morgan fingerprint density at radius 3 is 2.73 bits per heavy atom. The number of carbonyl (C=O) groups is 2. The van der Waals surface area contributed by atoms with Gasteiger partial charge in [0.1, 0.15) is 12.3 Å². The number of β-lactam (4-membered cyclic amide) rings is 1. The maximum atomic E-state index is 12.1. The second-order valence-electron chi connectivity index (χ2n) is 4.94. The number of nitro benzene ring substituents is 1. The molecule has 0 N–H and O–H groups in total. The van der Waals surface area contributed by atoms with E-state index in [4.69, 9.17) is 4.74 Å². The molecule has 0 aliphatic carbocycles. The molecular formula is C14H12N2O5S. The predicted octanol–water partition coefficient (Wildman–Crippen LogP) is 2.17. The van der Waals surface area contributed by atoms with Crippen molar-refractivity contribution < 1.29 is 19.2 Å². The Balaban J connectivity index is 1.64. The lowest BCUT2D eigenvalue weighted by atomic mass is 10.1. The molecule has 1 aromatic carbocycles. The van der Waals surface area contributed by atoms with Crippen LogP contribution in [0.4, 0.5) is 5.69 Å². The van der Waals surface area contributed by atoms with Gasteiger partial charge < -0.3 is 4.74 Å². The van der Waals surface area contributed by atoms with Crippen molar-refractivity contribution in [1.82, 2.24) is 4.90 Å². The van der Waals surface area contributed by atoms with Gasteiger partial charge in [-0.3, -0.25) is 19.8 Å². The Morgan fingerprint density at radius 1 is 1.45 bits per heavy atom. The van der Waals surface area contributed by atoms with Crippen molar-refractivity contribution >= 4 is 29.3 Å². The smallest absolute Gasteiger partial charge is 0.356 e. The fourth-order valence-corrected chi connectivity index (χ4v) is 3.61. The van der Waals surface area contributed by atoms with Gasteiger partial charge in [0.05, 0.1) is 16.7 Å². The molecule has 0 spiro atoms. The minimum absolute atomic E-state index is 0.00493. The normalized spacial score (nSPS) is 19.8. The number of esters is 1. The molecule has 8 heteroatoms. The molecule has 0 saturated carbocycles. The minimum atomic E-state index is -0.543. The average Bonchev–Trinajstić information content (AvgIpc) is 2.76. The van der Waals surface area contributed by atoms with Gasteiger partial charge in [-0.25, -0.2) is 4.79 Å². The van der Waals surface area contributed by atoms with Crippen LogP contribution in [-0.2, 0) is 20.9 Å². The molecule has 114 valence electrons.